The molecular weight excluding hydrogens is 403 g/mol. The van der Waals surface area contributed by atoms with E-state index in [0.29, 0.717) is 18.3 Å². The van der Waals surface area contributed by atoms with Crippen LogP contribution in [0, 0.1) is 11.7 Å². The zero-order valence-electron chi connectivity index (χ0n) is 19.2. The summed E-state index contributed by atoms with van der Waals surface area (Å²) in [5.41, 5.74) is 5.18. The molecule has 3 aliphatic rings. The van der Waals surface area contributed by atoms with E-state index in [1.165, 1.54) is 61.2 Å². The van der Waals surface area contributed by atoms with Gasteiger partial charge in [-0.05, 0) is 104 Å². The van der Waals surface area contributed by atoms with Gasteiger partial charge in [-0.2, -0.15) is 0 Å². The van der Waals surface area contributed by atoms with Crippen molar-refractivity contribution in [3.05, 3.63) is 58.4 Å². The van der Waals surface area contributed by atoms with E-state index in [9.17, 15) is 4.39 Å². The number of hydrogen-bond acceptors (Lipinski definition) is 4. The molecule has 1 atom stereocenters. The van der Waals surface area contributed by atoms with Gasteiger partial charge in [0.05, 0.1) is 13.7 Å². The number of benzene rings is 2. The zero-order chi connectivity index (χ0) is 21.9. The summed E-state index contributed by atoms with van der Waals surface area (Å²) in [6, 6.07) is 10.0. The van der Waals surface area contributed by atoms with Gasteiger partial charge in [-0.15, -0.1) is 0 Å². The van der Waals surface area contributed by atoms with Crippen LogP contribution in [0.15, 0.2) is 30.3 Å². The van der Waals surface area contributed by atoms with Gasteiger partial charge in [-0.25, -0.2) is 4.39 Å². The highest BCUT2D eigenvalue weighted by Crippen LogP contribution is 2.32. The molecule has 1 unspecified atom stereocenters. The number of nitrogens with zero attached hydrogens (tertiary/aromatic N) is 2. The van der Waals surface area contributed by atoms with E-state index < -0.39 is 0 Å². The molecule has 0 aromatic heterocycles. The van der Waals surface area contributed by atoms with Crippen LogP contribution < -0.4 is 9.47 Å². The molecule has 2 heterocycles. The van der Waals surface area contributed by atoms with Crippen molar-refractivity contribution < 1.29 is 13.9 Å². The average molecular weight is 439 g/mol. The Morgan fingerprint density at radius 2 is 1.81 bits per heavy atom. The maximum atomic E-state index is 14.7. The second-order valence-corrected chi connectivity index (χ2v) is 9.72. The minimum atomic E-state index is -0.203. The lowest BCUT2D eigenvalue weighted by Gasteiger charge is -2.28. The third-order valence-electron chi connectivity index (χ3n) is 7.38. The van der Waals surface area contributed by atoms with Crippen LogP contribution in [0.3, 0.4) is 0 Å². The Balaban J connectivity index is 1.09. The number of aryl methyl sites for hydroxylation is 1. The molecule has 5 heteroatoms. The van der Waals surface area contributed by atoms with Crippen molar-refractivity contribution in [2.45, 2.75) is 51.6 Å². The van der Waals surface area contributed by atoms with E-state index in [-0.39, 0.29) is 5.82 Å². The van der Waals surface area contributed by atoms with Gasteiger partial charge < -0.3 is 14.4 Å². The fourth-order valence-electron chi connectivity index (χ4n) is 5.63. The topological polar surface area (TPSA) is 24.9 Å². The SMILES string of the molecule is COc1ccc2c(c1)CN(CCCOc1cc3c(cc1F)CC(CN1CCCC1)CC3)C2. The van der Waals surface area contributed by atoms with E-state index >= 15 is 0 Å². The molecule has 2 aromatic carbocycles. The summed E-state index contributed by atoms with van der Waals surface area (Å²) in [5.74, 6) is 1.80. The number of ether oxygens (including phenoxy) is 2. The first-order chi connectivity index (χ1) is 15.7. The van der Waals surface area contributed by atoms with Crippen LogP contribution in [0.4, 0.5) is 4.39 Å². The van der Waals surface area contributed by atoms with Gasteiger partial charge in [0.1, 0.15) is 5.75 Å². The van der Waals surface area contributed by atoms with Gasteiger partial charge in [-0.1, -0.05) is 6.07 Å². The van der Waals surface area contributed by atoms with Gasteiger partial charge in [-0.3, -0.25) is 4.90 Å². The summed E-state index contributed by atoms with van der Waals surface area (Å²) in [5, 5.41) is 0. The van der Waals surface area contributed by atoms with Crippen molar-refractivity contribution in [3.63, 3.8) is 0 Å². The van der Waals surface area contributed by atoms with Crippen LogP contribution in [-0.4, -0.2) is 49.7 Å². The quantitative estimate of drug-likeness (QED) is 0.552. The summed E-state index contributed by atoms with van der Waals surface area (Å²) >= 11 is 0. The molecule has 172 valence electrons. The number of likely N-dealkylation sites (tertiary alicyclic amines) is 1. The van der Waals surface area contributed by atoms with Crippen molar-refractivity contribution >= 4 is 0 Å². The van der Waals surface area contributed by atoms with Crippen LogP contribution in [0.2, 0.25) is 0 Å². The summed E-state index contributed by atoms with van der Waals surface area (Å²) in [4.78, 5) is 5.00. The van der Waals surface area contributed by atoms with E-state index in [4.69, 9.17) is 9.47 Å². The minimum Gasteiger partial charge on any atom is -0.497 e. The number of hydrogen-bond donors (Lipinski definition) is 0. The average Bonchev–Trinajstić information content (AvgIpc) is 3.45. The number of halogens is 1. The van der Waals surface area contributed by atoms with Gasteiger partial charge in [0.25, 0.3) is 0 Å². The van der Waals surface area contributed by atoms with Crippen molar-refractivity contribution in [3.8, 4) is 11.5 Å². The molecule has 0 N–H and O–H groups in total. The molecule has 1 fully saturated rings. The van der Waals surface area contributed by atoms with Gasteiger partial charge >= 0.3 is 0 Å². The second kappa shape index (κ2) is 9.80. The van der Waals surface area contributed by atoms with Crippen LogP contribution in [0.25, 0.3) is 0 Å². The summed E-state index contributed by atoms with van der Waals surface area (Å²) < 4.78 is 25.9. The minimum absolute atomic E-state index is 0.203. The number of rotatable bonds is 8. The molecule has 4 nitrogen and oxygen atoms in total. The predicted octanol–water partition coefficient (Wildman–Crippen LogP) is 4.82. The maximum absolute atomic E-state index is 14.7. The molecule has 1 aliphatic carbocycles. The van der Waals surface area contributed by atoms with Crippen molar-refractivity contribution in [2.75, 3.05) is 39.9 Å². The lowest BCUT2D eigenvalue weighted by Crippen LogP contribution is -2.30. The Hall–Kier alpha value is -2.11. The standard InChI is InChI=1S/C27H35FN2O2/c1-31-25-8-7-22-18-30(19-24(22)14-25)11-4-12-32-27-16-21-6-5-20(13-23(21)15-26(27)28)17-29-9-2-3-10-29/h7-8,14-16,20H,2-6,9-13,17-19H2,1H3. The number of fused-ring (bicyclic) bond motifs is 2. The maximum Gasteiger partial charge on any atom is 0.165 e. The molecule has 0 bridgehead atoms. The summed E-state index contributed by atoms with van der Waals surface area (Å²) in [6.45, 7) is 7.05. The molecule has 32 heavy (non-hydrogen) atoms. The Bertz CT molecular complexity index is 941. The largest absolute Gasteiger partial charge is 0.497 e. The van der Waals surface area contributed by atoms with Crippen molar-refractivity contribution in [2.24, 2.45) is 5.92 Å². The second-order valence-electron chi connectivity index (χ2n) is 9.72. The Labute approximate surface area is 191 Å². The smallest absolute Gasteiger partial charge is 0.165 e. The highest BCUT2D eigenvalue weighted by molar-refractivity contribution is 5.39. The molecule has 0 amide bonds. The van der Waals surface area contributed by atoms with E-state index in [1.807, 2.05) is 12.1 Å². The lowest BCUT2D eigenvalue weighted by molar-refractivity contribution is 0.232. The summed E-state index contributed by atoms with van der Waals surface area (Å²) in [6.07, 6.45) is 6.80. The molecule has 0 radical (unpaired) electrons. The van der Waals surface area contributed by atoms with E-state index in [0.717, 1.165) is 44.6 Å². The first kappa shape index (κ1) is 21.7. The van der Waals surface area contributed by atoms with Crippen LogP contribution >= 0.6 is 0 Å². The third kappa shape index (κ3) is 4.94. The first-order valence-corrected chi connectivity index (χ1v) is 12.2. The van der Waals surface area contributed by atoms with E-state index in [2.05, 4.69) is 21.9 Å². The van der Waals surface area contributed by atoms with Crippen LogP contribution in [-0.2, 0) is 25.9 Å². The molecule has 1 saturated heterocycles. The fourth-order valence-corrected chi connectivity index (χ4v) is 5.63. The molecule has 0 spiro atoms. The molecule has 5 rings (SSSR count). The van der Waals surface area contributed by atoms with Gasteiger partial charge in [0, 0.05) is 26.2 Å². The van der Waals surface area contributed by atoms with E-state index in [1.54, 1.807) is 13.2 Å². The lowest BCUT2D eigenvalue weighted by atomic mass is 9.83. The summed E-state index contributed by atoms with van der Waals surface area (Å²) in [7, 11) is 1.71. The Morgan fingerprint density at radius 1 is 0.969 bits per heavy atom. The normalized spacial score (nSPS) is 20.9. The van der Waals surface area contributed by atoms with Crippen LogP contribution in [0.5, 0.6) is 11.5 Å². The Morgan fingerprint density at radius 3 is 2.66 bits per heavy atom. The molecule has 2 aromatic rings. The van der Waals surface area contributed by atoms with Gasteiger partial charge in [0.2, 0.25) is 0 Å². The van der Waals surface area contributed by atoms with Gasteiger partial charge in [0.15, 0.2) is 11.6 Å². The van der Waals surface area contributed by atoms with Crippen molar-refractivity contribution in [1.29, 1.82) is 0 Å². The third-order valence-corrected chi connectivity index (χ3v) is 7.38. The predicted molar refractivity (Wildman–Crippen MR) is 125 cm³/mol. The van der Waals surface area contributed by atoms with Crippen LogP contribution in [0.1, 0.15) is 47.9 Å². The monoisotopic (exact) mass is 438 g/mol. The zero-order valence-corrected chi connectivity index (χ0v) is 19.2. The molecule has 2 aliphatic heterocycles. The highest BCUT2D eigenvalue weighted by Gasteiger charge is 2.24. The number of methoxy groups -OCH3 is 1. The van der Waals surface area contributed by atoms with Crippen molar-refractivity contribution in [1.82, 2.24) is 9.80 Å². The highest BCUT2D eigenvalue weighted by atomic mass is 19.1. The molecule has 0 saturated carbocycles. The fraction of sp³-hybridized carbons (Fsp3) is 0.556. The first-order valence-electron chi connectivity index (χ1n) is 12.2. The molecular formula is C27H35FN2O2. The Kier molecular flexibility index (Phi) is 6.65.